The molecule has 0 saturated carbocycles. The number of sulfone groups is 1. The molecule has 0 radical (unpaired) electrons. The van der Waals surface area contributed by atoms with Gasteiger partial charge >= 0.3 is 0 Å². The van der Waals surface area contributed by atoms with Crippen LogP contribution in [-0.2, 0) is 25.9 Å². The van der Waals surface area contributed by atoms with E-state index in [0.29, 0.717) is 23.4 Å². The topological polar surface area (TPSA) is 86.5 Å². The van der Waals surface area contributed by atoms with Crippen LogP contribution < -0.4 is 5.73 Å². The molecule has 3 rings (SSSR count). The van der Waals surface area contributed by atoms with Crippen molar-refractivity contribution in [2.45, 2.75) is 30.9 Å². The number of carbonyl (C=O) groups is 1. The zero-order valence-corrected chi connectivity index (χ0v) is 15.8. The van der Waals surface area contributed by atoms with Gasteiger partial charge in [-0.15, -0.1) is 0 Å². The van der Waals surface area contributed by atoms with Gasteiger partial charge in [0.2, 0.25) is 5.78 Å². The van der Waals surface area contributed by atoms with E-state index in [1.807, 2.05) is 24.3 Å². The molecule has 0 bridgehead atoms. The summed E-state index contributed by atoms with van der Waals surface area (Å²) in [7, 11) is -3.29. The predicted molar refractivity (Wildman–Crippen MR) is 101 cm³/mol. The predicted octanol–water partition coefficient (Wildman–Crippen LogP) is 2.79. The van der Waals surface area contributed by atoms with Crippen molar-refractivity contribution in [2.75, 3.05) is 6.26 Å². The second-order valence-corrected chi connectivity index (χ2v) is 8.86. The SMILES string of the molecule is CC1(C)OC(c2ccc(S(C)(=O)=O)cc2)=C(c2ccc(CN)cc2)C1=O. The van der Waals surface area contributed by atoms with Crippen LogP contribution in [0.3, 0.4) is 0 Å². The van der Waals surface area contributed by atoms with Crippen LogP contribution in [0.25, 0.3) is 11.3 Å². The molecule has 0 unspecified atom stereocenters. The van der Waals surface area contributed by atoms with Gasteiger partial charge in [0, 0.05) is 18.4 Å². The van der Waals surface area contributed by atoms with Gasteiger partial charge in [0.25, 0.3) is 0 Å². The van der Waals surface area contributed by atoms with Crippen LogP contribution in [0.5, 0.6) is 0 Å². The van der Waals surface area contributed by atoms with Gasteiger partial charge in [0.15, 0.2) is 15.4 Å². The number of hydrogen-bond acceptors (Lipinski definition) is 5. The van der Waals surface area contributed by atoms with Crippen molar-refractivity contribution in [2.24, 2.45) is 5.73 Å². The molecule has 0 saturated heterocycles. The molecule has 0 fully saturated rings. The minimum Gasteiger partial charge on any atom is -0.478 e. The number of nitrogens with two attached hydrogens (primary N) is 1. The molecule has 2 N–H and O–H groups in total. The lowest BCUT2D eigenvalue weighted by molar-refractivity contribution is -0.125. The van der Waals surface area contributed by atoms with Crippen molar-refractivity contribution in [3.8, 4) is 0 Å². The van der Waals surface area contributed by atoms with Gasteiger partial charge < -0.3 is 10.5 Å². The maximum atomic E-state index is 12.9. The summed E-state index contributed by atoms with van der Waals surface area (Å²) in [4.78, 5) is 13.1. The lowest BCUT2D eigenvalue weighted by Gasteiger charge is -2.17. The number of ketones is 1. The largest absolute Gasteiger partial charge is 0.478 e. The average Bonchev–Trinajstić information content (AvgIpc) is 2.84. The third kappa shape index (κ3) is 3.30. The molecule has 0 atom stereocenters. The van der Waals surface area contributed by atoms with Gasteiger partial charge in [-0.05, 0) is 49.2 Å². The minimum atomic E-state index is -3.29. The normalized spacial score (nSPS) is 16.7. The lowest BCUT2D eigenvalue weighted by Crippen LogP contribution is -2.29. The van der Waals surface area contributed by atoms with Crippen LogP contribution >= 0.6 is 0 Å². The smallest absolute Gasteiger partial charge is 0.210 e. The summed E-state index contributed by atoms with van der Waals surface area (Å²) < 4.78 is 29.3. The first kappa shape index (κ1) is 18.4. The average molecular weight is 371 g/mol. The Bertz CT molecular complexity index is 985. The van der Waals surface area contributed by atoms with E-state index in [1.54, 1.807) is 26.0 Å². The Morgan fingerprint density at radius 2 is 1.50 bits per heavy atom. The molecule has 26 heavy (non-hydrogen) atoms. The second kappa shape index (κ2) is 6.37. The van der Waals surface area contributed by atoms with Gasteiger partial charge in [-0.25, -0.2) is 8.42 Å². The van der Waals surface area contributed by atoms with E-state index in [1.165, 1.54) is 12.1 Å². The maximum Gasteiger partial charge on any atom is 0.210 e. The highest BCUT2D eigenvalue weighted by atomic mass is 32.2. The van der Waals surface area contributed by atoms with Crippen LogP contribution in [0.1, 0.15) is 30.5 Å². The number of benzene rings is 2. The Labute approximate surface area is 153 Å². The van der Waals surface area contributed by atoms with E-state index in [9.17, 15) is 13.2 Å². The molecule has 6 heteroatoms. The standard InChI is InChI=1S/C20H21NO4S/c1-20(2)19(22)17(14-6-4-13(12-21)5-7-14)18(25-20)15-8-10-16(11-9-15)26(3,23)24/h4-11H,12,21H2,1-3H3. The van der Waals surface area contributed by atoms with E-state index in [2.05, 4.69) is 0 Å². The van der Waals surface area contributed by atoms with E-state index in [0.717, 1.165) is 17.4 Å². The fraction of sp³-hybridized carbons (Fsp3) is 0.250. The first-order valence-corrected chi connectivity index (χ1v) is 10.1. The lowest BCUT2D eigenvalue weighted by atomic mass is 9.92. The van der Waals surface area contributed by atoms with Crippen LogP contribution in [-0.4, -0.2) is 26.1 Å². The van der Waals surface area contributed by atoms with Crippen LogP contribution in [0.15, 0.2) is 53.4 Å². The first-order valence-electron chi connectivity index (χ1n) is 8.21. The summed E-state index contributed by atoms with van der Waals surface area (Å²) in [6, 6.07) is 13.8. The Morgan fingerprint density at radius 1 is 0.962 bits per heavy atom. The minimum absolute atomic E-state index is 0.111. The van der Waals surface area contributed by atoms with Gasteiger partial charge in [0.1, 0.15) is 5.76 Å². The summed E-state index contributed by atoms with van der Waals surface area (Å²) in [5, 5.41) is 0. The molecule has 1 aliphatic rings. The van der Waals surface area contributed by atoms with E-state index in [-0.39, 0.29) is 10.7 Å². The molecule has 136 valence electrons. The summed E-state index contributed by atoms with van der Waals surface area (Å²) in [5.74, 6) is 0.348. The molecular formula is C20H21NO4S. The molecule has 2 aromatic carbocycles. The van der Waals surface area contributed by atoms with Gasteiger partial charge in [-0.1, -0.05) is 24.3 Å². The number of hydrogen-bond donors (Lipinski definition) is 1. The summed E-state index contributed by atoms with van der Waals surface area (Å²) in [5.41, 5.74) is 7.53. The third-order valence-electron chi connectivity index (χ3n) is 4.38. The number of ether oxygens (including phenoxy) is 1. The van der Waals surface area contributed by atoms with Crippen molar-refractivity contribution in [1.29, 1.82) is 0 Å². The Kier molecular flexibility index (Phi) is 4.50. The van der Waals surface area contributed by atoms with E-state index < -0.39 is 15.4 Å². The van der Waals surface area contributed by atoms with Crippen molar-refractivity contribution in [3.63, 3.8) is 0 Å². The monoisotopic (exact) mass is 371 g/mol. The summed E-state index contributed by atoms with van der Waals surface area (Å²) in [6.07, 6.45) is 1.16. The quantitative estimate of drug-likeness (QED) is 0.893. The van der Waals surface area contributed by atoms with Crippen molar-refractivity contribution < 1.29 is 17.9 Å². The van der Waals surface area contributed by atoms with Crippen molar-refractivity contribution >= 4 is 27.0 Å². The fourth-order valence-electron chi connectivity index (χ4n) is 2.88. The molecule has 1 aliphatic heterocycles. The van der Waals surface area contributed by atoms with Gasteiger partial charge in [-0.2, -0.15) is 0 Å². The van der Waals surface area contributed by atoms with Crippen LogP contribution in [0.4, 0.5) is 0 Å². The molecular weight excluding hydrogens is 350 g/mol. The molecule has 0 amide bonds. The summed E-state index contributed by atoms with van der Waals surface area (Å²) in [6.45, 7) is 3.87. The number of carbonyl (C=O) groups excluding carboxylic acids is 1. The van der Waals surface area contributed by atoms with E-state index in [4.69, 9.17) is 10.5 Å². The van der Waals surface area contributed by atoms with Gasteiger partial charge in [-0.3, -0.25) is 4.79 Å². The highest BCUT2D eigenvalue weighted by Crippen LogP contribution is 2.41. The fourth-order valence-corrected chi connectivity index (χ4v) is 3.51. The molecule has 5 nitrogen and oxygen atoms in total. The Balaban J connectivity index is 2.13. The molecule has 0 spiro atoms. The van der Waals surface area contributed by atoms with Gasteiger partial charge in [0.05, 0.1) is 10.5 Å². The van der Waals surface area contributed by atoms with E-state index >= 15 is 0 Å². The first-order chi connectivity index (χ1) is 12.1. The zero-order valence-electron chi connectivity index (χ0n) is 14.9. The van der Waals surface area contributed by atoms with Crippen molar-refractivity contribution in [1.82, 2.24) is 0 Å². The maximum absolute atomic E-state index is 12.9. The molecule has 0 aliphatic carbocycles. The zero-order chi connectivity index (χ0) is 19.1. The van der Waals surface area contributed by atoms with Crippen molar-refractivity contribution in [3.05, 3.63) is 65.2 Å². The number of Topliss-reactive ketones (excluding diaryl/α,β-unsaturated/α-hetero) is 1. The third-order valence-corrected chi connectivity index (χ3v) is 5.51. The second-order valence-electron chi connectivity index (χ2n) is 6.84. The molecule has 2 aromatic rings. The highest BCUT2D eigenvalue weighted by molar-refractivity contribution is 7.90. The molecule has 1 heterocycles. The highest BCUT2D eigenvalue weighted by Gasteiger charge is 2.42. The number of rotatable bonds is 4. The summed E-state index contributed by atoms with van der Waals surface area (Å²) >= 11 is 0. The molecule has 0 aromatic heterocycles. The van der Waals surface area contributed by atoms with Crippen LogP contribution in [0.2, 0.25) is 0 Å². The Hall–Kier alpha value is -2.44. The van der Waals surface area contributed by atoms with Crippen LogP contribution in [0, 0.1) is 0 Å². The Morgan fingerprint density at radius 3 is 2.00 bits per heavy atom.